The molecule has 0 saturated carbocycles. The number of ether oxygens (including phenoxy) is 2. The fraction of sp³-hybridized carbons (Fsp3) is 0.280. The van der Waals surface area contributed by atoms with Crippen molar-refractivity contribution in [2.45, 2.75) is 19.5 Å². The summed E-state index contributed by atoms with van der Waals surface area (Å²) in [5, 5.41) is 4.67. The SMILES string of the molecule is COc1ccc(NC(=O)C2CCN(C(=O)c3cccc4ccccc34)CC2)cc1OC(F)F. The Balaban J connectivity index is 1.39. The summed E-state index contributed by atoms with van der Waals surface area (Å²) < 4.78 is 34.7. The number of fused-ring (bicyclic) bond motifs is 1. The zero-order valence-corrected chi connectivity index (χ0v) is 18.1. The van der Waals surface area contributed by atoms with Gasteiger partial charge in [-0.05, 0) is 41.8 Å². The molecule has 0 aliphatic carbocycles. The molecule has 0 spiro atoms. The molecule has 4 rings (SSSR count). The van der Waals surface area contributed by atoms with Crippen LogP contribution in [-0.2, 0) is 4.79 Å². The summed E-state index contributed by atoms with van der Waals surface area (Å²) >= 11 is 0. The van der Waals surface area contributed by atoms with Crippen molar-refractivity contribution in [3.05, 3.63) is 66.2 Å². The van der Waals surface area contributed by atoms with E-state index in [4.69, 9.17) is 4.74 Å². The zero-order chi connectivity index (χ0) is 23.4. The van der Waals surface area contributed by atoms with Gasteiger partial charge in [0.1, 0.15) is 0 Å². The summed E-state index contributed by atoms with van der Waals surface area (Å²) in [6, 6.07) is 17.7. The molecule has 0 aromatic heterocycles. The number of rotatable bonds is 6. The van der Waals surface area contributed by atoms with E-state index in [-0.39, 0.29) is 29.2 Å². The summed E-state index contributed by atoms with van der Waals surface area (Å²) in [6.07, 6.45) is 1.03. The summed E-state index contributed by atoms with van der Waals surface area (Å²) in [4.78, 5) is 27.6. The van der Waals surface area contributed by atoms with Crippen LogP contribution in [0, 0.1) is 5.92 Å². The van der Waals surface area contributed by atoms with Crippen molar-refractivity contribution < 1.29 is 27.8 Å². The second-order valence-electron chi connectivity index (χ2n) is 7.83. The monoisotopic (exact) mass is 454 g/mol. The van der Waals surface area contributed by atoms with Gasteiger partial charge in [0.2, 0.25) is 5.91 Å². The molecular weight excluding hydrogens is 430 g/mol. The molecule has 1 aliphatic rings. The number of benzene rings is 3. The zero-order valence-electron chi connectivity index (χ0n) is 18.1. The molecule has 33 heavy (non-hydrogen) atoms. The van der Waals surface area contributed by atoms with Crippen LogP contribution in [0.4, 0.5) is 14.5 Å². The maximum Gasteiger partial charge on any atom is 0.387 e. The Hall–Kier alpha value is -3.68. The maximum absolute atomic E-state index is 13.1. The highest BCUT2D eigenvalue weighted by atomic mass is 19.3. The first kappa shape index (κ1) is 22.5. The van der Waals surface area contributed by atoms with E-state index in [1.165, 1.54) is 19.2 Å². The van der Waals surface area contributed by atoms with Gasteiger partial charge < -0.3 is 19.7 Å². The van der Waals surface area contributed by atoms with Crippen LogP contribution in [0.5, 0.6) is 11.5 Å². The molecule has 0 bridgehead atoms. The average molecular weight is 454 g/mol. The van der Waals surface area contributed by atoms with Gasteiger partial charge in [-0.1, -0.05) is 36.4 Å². The summed E-state index contributed by atoms with van der Waals surface area (Å²) in [6.45, 7) is -2.08. The van der Waals surface area contributed by atoms with E-state index in [1.807, 2.05) is 42.5 Å². The van der Waals surface area contributed by atoms with Gasteiger partial charge in [0.05, 0.1) is 7.11 Å². The number of piperidine rings is 1. The van der Waals surface area contributed by atoms with Gasteiger partial charge >= 0.3 is 6.61 Å². The first-order valence-electron chi connectivity index (χ1n) is 10.7. The van der Waals surface area contributed by atoms with E-state index >= 15 is 0 Å². The Morgan fingerprint density at radius 1 is 1.00 bits per heavy atom. The fourth-order valence-corrected chi connectivity index (χ4v) is 4.11. The molecule has 1 fully saturated rings. The molecule has 0 unspecified atom stereocenters. The van der Waals surface area contributed by atoms with Gasteiger partial charge in [0, 0.05) is 36.3 Å². The van der Waals surface area contributed by atoms with Crippen LogP contribution < -0.4 is 14.8 Å². The van der Waals surface area contributed by atoms with Crippen LogP contribution in [0.3, 0.4) is 0 Å². The van der Waals surface area contributed by atoms with E-state index < -0.39 is 6.61 Å². The highest BCUT2D eigenvalue weighted by Gasteiger charge is 2.28. The van der Waals surface area contributed by atoms with Crippen molar-refractivity contribution in [3.8, 4) is 11.5 Å². The Bertz CT molecular complexity index is 1150. The topological polar surface area (TPSA) is 67.9 Å². The highest BCUT2D eigenvalue weighted by Crippen LogP contribution is 2.32. The average Bonchev–Trinajstić information content (AvgIpc) is 2.83. The number of methoxy groups -OCH3 is 1. The van der Waals surface area contributed by atoms with Gasteiger partial charge in [0.25, 0.3) is 5.91 Å². The standard InChI is InChI=1S/C25H24F2N2O4/c1-32-21-10-9-18(15-22(21)33-25(26)27)28-23(30)17-11-13-29(14-12-17)24(31)20-8-4-6-16-5-2-3-7-19(16)20/h2-10,15,17,25H,11-14H2,1H3,(H,28,30). The second-order valence-corrected chi connectivity index (χ2v) is 7.83. The van der Waals surface area contributed by atoms with E-state index in [9.17, 15) is 18.4 Å². The number of carbonyl (C=O) groups is 2. The molecule has 1 aliphatic heterocycles. The third-order valence-corrected chi connectivity index (χ3v) is 5.82. The lowest BCUT2D eigenvalue weighted by Crippen LogP contribution is -2.41. The molecule has 0 radical (unpaired) electrons. The number of amides is 2. The molecule has 3 aromatic carbocycles. The van der Waals surface area contributed by atoms with Crippen molar-refractivity contribution >= 4 is 28.3 Å². The second kappa shape index (κ2) is 9.85. The lowest BCUT2D eigenvalue weighted by atomic mass is 9.94. The molecule has 1 N–H and O–H groups in total. The van der Waals surface area contributed by atoms with E-state index in [0.29, 0.717) is 37.2 Å². The van der Waals surface area contributed by atoms with Crippen LogP contribution in [0.2, 0.25) is 0 Å². The Morgan fingerprint density at radius 2 is 1.73 bits per heavy atom. The molecular formula is C25H24F2N2O4. The first-order valence-corrected chi connectivity index (χ1v) is 10.7. The van der Waals surface area contributed by atoms with E-state index in [2.05, 4.69) is 10.1 Å². The van der Waals surface area contributed by atoms with Crippen molar-refractivity contribution in [3.63, 3.8) is 0 Å². The maximum atomic E-state index is 13.1. The van der Waals surface area contributed by atoms with Gasteiger partial charge in [-0.2, -0.15) is 8.78 Å². The minimum atomic E-state index is -3.01. The van der Waals surface area contributed by atoms with Gasteiger partial charge in [-0.15, -0.1) is 0 Å². The smallest absolute Gasteiger partial charge is 0.387 e. The third kappa shape index (κ3) is 5.05. The van der Waals surface area contributed by atoms with Gasteiger partial charge in [0.15, 0.2) is 11.5 Å². The van der Waals surface area contributed by atoms with Crippen LogP contribution in [0.1, 0.15) is 23.2 Å². The minimum Gasteiger partial charge on any atom is -0.493 e. The molecule has 6 nitrogen and oxygen atoms in total. The van der Waals surface area contributed by atoms with Crippen LogP contribution in [0.15, 0.2) is 60.7 Å². The Morgan fingerprint density at radius 3 is 2.45 bits per heavy atom. The molecule has 0 atom stereocenters. The van der Waals surface area contributed by atoms with Crippen molar-refractivity contribution in [1.29, 1.82) is 0 Å². The summed E-state index contributed by atoms with van der Waals surface area (Å²) in [5.41, 5.74) is 0.992. The van der Waals surface area contributed by atoms with E-state index in [1.54, 1.807) is 11.0 Å². The Labute approximate surface area is 190 Å². The molecule has 172 valence electrons. The number of nitrogens with zero attached hydrogens (tertiary/aromatic N) is 1. The van der Waals surface area contributed by atoms with Crippen molar-refractivity contribution in [2.75, 3.05) is 25.5 Å². The quantitative estimate of drug-likeness (QED) is 0.573. The molecule has 8 heteroatoms. The molecule has 1 heterocycles. The largest absolute Gasteiger partial charge is 0.493 e. The summed E-state index contributed by atoms with van der Waals surface area (Å²) in [5.74, 6) is -0.562. The third-order valence-electron chi connectivity index (χ3n) is 5.82. The minimum absolute atomic E-state index is 0.0467. The Kier molecular flexibility index (Phi) is 6.72. The molecule has 1 saturated heterocycles. The number of nitrogens with one attached hydrogen (secondary N) is 1. The predicted octanol–water partition coefficient (Wildman–Crippen LogP) is 4.94. The van der Waals surface area contributed by atoms with E-state index in [0.717, 1.165) is 10.8 Å². The number of alkyl halides is 2. The predicted molar refractivity (Wildman–Crippen MR) is 121 cm³/mol. The molecule has 2 amide bonds. The number of likely N-dealkylation sites (tertiary alicyclic amines) is 1. The normalized spacial score (nSPS) is 14.4. The molecule has 3 aromatic rings. The van der Waals surface area contributed by atoms with Gasteiger partial charge in [-0.3, -0.25) is 9.59 Å². The lowest BCUT2D eigenvalue weighted by molar-refractivity contribution is -0.121. The highest BCUT2D eigenvalue weighted by molar-refractivity contribution is 6.07. The van der Waals surface area contributed by atoms with Crippen molar-refractivity contribution in [2.24, 2.45) is 5.92 Å². The number of carbonyl (C=O) groups excluding carboxylic acids is 2. The van der Waals surface area contributed by atoms with Crippen molar-refractivity contribution in [1.82, 2.24) is 4.90 Å². The number of hydrogen-bond donors (Lipinski definition) is 1. The number of hydrogen-bond acceptors (Lipinski definition) is 4. The first-order chi connectivity index (χ1) is 16.0. The lowest BCUT2D eigenvalue weighted by Gasteiger charge is -2.31. The van der Waals surface area contributed by atoms with Crippen LogP contribution >= 0.6 is 0 Å². The van der Waals surface area contributed by atoms with Crippen LogP contribution in [0.25, 0.3) is 10.8 Å². The number of anilines is 1. The van der Waals surface area contributed by atoms with Gasteiger partial charge in [-0.25, -0.2) is 0 Å². The van der Waals surface area contributed by atoms with Crippen LogP contribution in [-0.4, -0.2) is 43.5 Å². The fourth-order valence-electron chi connectivity index (χ4n) is 4.11. The number of halogens is 2. The summed E-state index contributed by atoms with van der Waals surface area (Å²) in [7, 11) is 1.35.